The van der Waals surface area contributed by atoms with Crippen LogP contribution >= 0.6 is 11.6 Å². The van der Waals surface area contributed by atoms with Crippen LogP contribution in [0.5, 0.6) is 0 Å². The number of nitrogens with zero attached hydrogens (tertiary/aromatic N) is 1. The fourth-order valence-electron chi connectivity index (χ4n) is 1.39. The molecule has 1 aromatic carbocycles. The number of oxazole rings is 1. The molecule has 2 rings (SSSR count). The summed E-state index contributed by atoms with van der Waals surface area (Å²) in [6, 6.07) is 3.28. The van der Waals surface area contributed by atoms with E-state index in [0.717, 1.165) is 12.1 Å². The van der Waals surface area contributed by atoms with E-state index in [4.69, 9.17) is 21.1 Å². The predicted octanol–water partition coefficient (Wildman–Crippen LogP) is 3.77. The highest BCUT2D eigenvalue weighted by Gasteiger charge is 2.26. The maximum atomic E-state index is 13.0. The van der Waals surface area contributed by atoms with Crippen LogP contribution in [0.25, 0.3) is 11.5 Å². The summed E-state index contributed by atoms with van der Waals surface area (Å²) in [7, 11) is 0. The second-order valence-corrected chi connectivity index (χ2v) is 3.88. The van der Waals surface area contributed by atoms with Crippen molar-refractivity contribution in [2.45, 2.75) is 6.43 Å². The van der Waals surface area contributed by atoms with Crippen LogP contribution in [0.4, 0.5) is 13.2 Å². The van der Waals surface area contributed by atoms with Crippen molar-refractivity contribution < 1.29 is 27.5 Å². The van der Waals surface area contributed by atoms with Gasteiger partial charge in [-0.3, -0.25) is 0 Å². The number of alkyl halides is 2. The minimum absolute atomic E-state index is 0.0980. The molecule has 0 spiro atoms. The molecule has 4 nitrogen and oxygen atoms in total. The van der Waals surface area contributed by atoms with E-state index >= 15 is 0 Å². The van der Waals surface area contributed by atoms with Crippen molar-refractivity contribution >= 4 is 17.6 Å². The Morgan fingerprint density at radius 1 is 1.42 bits per heavy atom. The molecule has 0 aliphatic carbocycles. The van der Waals surface area contributed by atoms with Crippen molar-refractivity contribution in [1.82, 2.24) is 4.98 Å². The van der Waals surface area contributed by atoms with Gasteiger partial charge in [-0.2, -0.15) is 0 Å². The Balaban J connectivity index is 2.54. The first kappa shape index (κ1) is 13.4. The van der Waals surface area contributed by atoms with Gasteiger partial charge in [0.2, 0.25) is 11.7 Å². The normalized spacial score (nSPS) is 11.0. The Morgan fingerprint density at radius 3 is 2.58 bits per heavy atom. The van der Waals surface area contributed by atoms with Crippen LogP contribution in [0.3, 0.4) is 0 Å². The average molecular weight is 292 g/mol. The van der Waals surface area contributed by atoms with Gasteiger partial charge in [0.15, 0.2) is 5.69 Å². The summed E-state index contributed by atoms with van der Waals surface area (Å²) in [5, 5.41) is 8.46. The van der Waals surface area contributed by atoms with Crippen LogP contribution in [0.2, 0.25) is 5.02 Å². The first-order valence-electron chi connectivity index (χ1n) is 4.87. The molecule has 0 saturated carbocycles. The van der Waals surface area contributed by atoms with E-state index in [9.17, 15) is 18.0 Å². The molecule has 0 atom stereocenters. The zero-order valence-corrected chi connectivity index (χ0v) is 9.79. The molecule has 0 bridgehead atoms. The maximum Gasteiger partial charge on any atom is 0.374 e. The van der Waals surface area contributed by atoms with Crippen LogP contribution in [0.15, 0.2) is 22.6 Å². The van der Waals surface area contributed by atoms with E-state index in [1.165, 1.54) is 6.07 Å². The SMILES string of the molecule is O=C(O)c1oc(-c2ccc(F)c(Cl)c2)nc1C(F)F. The molecule has 1 aromatic heterocycles. The largest absolute Gasteiger partial charge is 0.475 e. The van der Waals surface area contributed by atoms with Crippen molar-refractivity contribution in [2.75, 3.05) is 0 Å². The molecule has 0 fully saturated rings. The van der Waals surface area contributed by atoms with E-state index in [1.807, 2.05) is 0 Å². The number of rotatable bonds is 3. The zero-order valence-electron chi connectivity index (χ0n) is 9.03. The van der Waals surface area contributed by atoms with Gasteiger partial charge in [-0.15, -0.1) is 0 Å². The molecule has 2 aromatic rings. The number of aromatic carboxylic acids is 1. The van der Waals surface area contributed by atoms with Crippen LogP contribution in [-0.4, -0.2) is 16.1 Å². The minimum Gasteiger partial charge on any atom is -0.475 e. The standard InChI is InChI=1S/C11H5ClF3NO3/c12-5-3-4(1-2-6(5)13)10-16-7(9(14)15)8(19-10)11(17)18/h1-3,9H,(H,17,18). The van der Waals surface area contributed by atoms with Crippen molar-refractivity contribution in [2.24, 2.45) is 0 Å². The van der Waals surface area contributed by atoms with Gasteiger partial charge in [0.1, 0.15) is 5.82 Å². The lowest BCUT2D eigenvalue weighted by molar-refractivity contribution is 0.0647. The Bertz CT molecular complexity index is 642. The summed E-state index contributed by atoms with van der Waals surface area (Å²) in [6.45, 7) is 0. The number of hydrogen-bond acceptors (Lipinski definition) is 3. The molecule has 1 heterocycles. The highest BCUT2D eigenvalue weighted by molar-refractivity contribution is 6.31. The fraction of sp³-hybridized carbons (Fsp3) is 0.0909. The van der Waals surface area contributed by atoms with Gasteiger partial charge >= 0.3 is 5.97 Å². The van der Waals surface area contributed by atoms with Gasteiger partial charge in [0.05, 0.1) is 5.02 Å². The third kappa shape index (κ3) is 2.55. The quantitative estimate of drug-likeness (QED) is 0.935. The summed E-state index contributed by atoms with van der Waals surface area (Å²) in [5.74, 6) is -3.69. The molecule has 0 saturated heterocycles. The van der Waals surface area contributed by atoms with E-state index in [1.54, 1.807) is 0 Å². The summed E-state index contributed by atoms with van der Waals surface area (Å²) in [5.41, 5.74) is -0.885. The van der Waals surface area contributed by atoms with E-state index in [0.29, 0.717) is 0 Å². The van der Waals surface area contributed by atoms with Gasteiger partial charge in [-0.25, -0.2) is 22.9 Å². The summed E-state index contributed by atoms with van der Waals surface area (Å²) in [6.07, 6.45) is -3.10. The van der Waals surface area contributed by atoms with Gasteiger partial charge in [-0.05, 0) is 18.2 Å². The van der Waals surface area contributed by atoms with Crippen molar-refractivity contribution in [3.05, 3.63) is 40.5 Å². The number of aromatic nitrogens is 1. The third-order valence-electron chi connectivity index (χ3n) is 2.22. The van der Waals surface area contributed by atoms with Crippen LogP contribution in [0.1, 0.15) is 22.7 Å². The molecule has 0 aliphatic heterocycles. The van der Waals surface area contributed by atoms with Gasteiger partial charge < -0.3 is 9.52 Å². The highest BCUT2D eigenvalue weighted by atomic mass is 35.5. The van der Waals surface area contributed by atoms with Crippen LogP contribution in [-0.2, 0) is 0 Å². The Labute approximate surface area is 109 Å². The predicted molar refractivity (Wildman–Crippen MR) is 58.8 cm³/mol. The number of carboxylic acid groups (broad SMARTS) is 1. The summed E-state index contributed by atoms with van der Waals surface area (Å²) in [4.78, 5) is 14.1. The lowest BCUT2D eigenvalue weighted by Crippen LogP contribution is -1.99. The molecular formula is C11H5ClF3NO3. The second kappa shape index (κ2) is 4.93. The summed E-state index contributed by atoms with van der Waals surface area (Å²) < 4.78 is 42.9. The molecule has 100 valence electrons. The molecule has 8 heteroatoms. The zero-order chi connectivity index (χ0) is 14.2. The monoisotopic (exact) mass is 291 g/mol. The Hall–Kier alpha value is -2.02. The maximum absolute atomic E-state index is 13.0. The van der Waals surface area contributed by atoms with Crippen LogP contribution in [0, 0.1) is 5.82 Å². The van der Waals surface area contributed by atoms with Gasteiger partial charge in [-0.1, -0.05) is 11.6 Å². The van der Waals surface area contributed by atoms with Crippen molar-refractivity contribution in [1.29, 1.82) is 0 Å². The molecule has 0 amide bonds. The lowest BCUT2D eigenvalue weighted by Gasteiger charge is -1.97. The molecule has 0 unspecified atom stereocenters. The molecule has 0 radical (unpaired) electrons. The lowest BCUT2D eigenvalue weighted by atomic mass is 10.2. The number of carboxylic acids is 1. The smallest absolute Gasteiger partial charge is 0.374 e. The molecule has 1 N–H and O–H groups in total. The number of carbonyl (C=O) groups is 1. The third-order valence-corrected chi connectivity index (χ3v) is 2.51. The average Bonchev–Trinajstić information content (AvgIpc) is 2.78. The Kier molecular flexibility index (Phi) is 3.48. The highest BCUT2D eigenvalue weighted by Crippen LogP contribution is 2.30. The van der Waals surface area contributed by atoms with Gasteiger partial charge in [0.25, 0.3) is 6.43 Å². The van der Waals surface area contributed by atoms with Crippen molar-refractivity contribution in [3.8, 4) is 11.5 Å². The van der Waals surface area contributed by atoms with Gasteiger partial charge in [0, 0.05) is 5.56 Å². The molecular weight excluding hydrogens is 287 g/mol. The van der Waals surface area contributed by atoms with Crippen molar-refractivity contribution in [3.63, 3.8) is 0 Å². The Morgan fingerprint density at radius 2 is 2.11 bits per heavy atom. The number of halogens is 4. The summed E-state index contributed by atoms with van der Waals surface area (Å²) >= 11 is 5.53. The van der Waals surface area contributed by atoms with E-state index in [2.05, 4.69) is 4.98 Å². The van der Waals surface area contributed by atoms with E-state index < -0.39 is 29.7 Å². The first-order valence-corrected chi connectivity index (χ1v) is 5.25. The van der Waals surface area contributed by atoms with E-state index in [-0.39, 0.29) is 16.5 Å². The fourth-order valence-corrected chi connectivity index (χ4v) is 1.57. The minimum atomic E-state index is -3.10. The number of hydrogen-bond donors (Lipinski definition) is 1. The molecule has 19 heavy (non-hydrogen) atoms. The topological polar surface area (TPSA) is 63.3 Å². The molecule has 0 aliphatic rings. The number of benzene rings is 1. The second-order valence-electron chi connectivity index (χ2n) is 3.47. The van der Waals surface area contributed by atoms with Crippen LogP contribution < -0.4 is 0 Å². The first-order chi connectivity index (χ1) is 8.90.